The Morgan fingerprint density at radius 3 is 2.96 bits per heavy atom. The summed E-state index contributed by atoms with van der Waals surface area (Å²) < 4.78 is 7.31. The Balaban J connectivity index is 1.84. The lowest BCUT2D eigenvalue weighted by atomic mass is 10.1. The molecule has 1 saturated heterocycles. The highest BCUT2D eigenvalue weighted by molar-refractivity contribution is 5.93. The van der Waals surface area contributed by atoms with Gasteiger partial charge in [-0.1, -0.05) is 31.2 Å². The molecule has 0 radical (unpaired) electrons. The lowest BCUT2D eigenvalue weighted by Crippen LogP contribution is -2.32. The molecule has 0 saturated carbocycles. The second-order valence-corrected chi connectivity index (χ2v) is 6.57. The van der Waals surface area contributed by atoms with Gasteiger partial charge in [-0.25, -0.2) is 4.68 Å². The van der Waals surface area contributed by atoms with Crippen LogP contribution in [-0.2, 0) is 4.74 Å². The molecular formula is C18H24N4O2. The first-order valence-corrected chi connectivity index (χ1v) is 8.48. The van der Waals surface area contributed by atoms with E-state index in [1.54, 1.807) is 4.68 Å². The van der Waals surface area contributed by atoms with Gasteiger partial charge in [-0.2, -0.15) is 0 Å². The molecule has 6 nitrogen and oxygen atoms in total. The van der Waals surface area contributed by atoms with E-state index in [2.05, 4.69) is 15.6 Å². The highest BCUT2D eigenvalue weighted by Gasteiger charge is 2.24. The van der Waals surface area contributed by atoms with E-state index in [9.17, 15) is 4.79 Å². The second kappa shape index (κ2) is 7.13. The van der Waals surface area contributed by atoms with E-state index in [-0.39, 0.29) is 17.9 Å². The standard InChI is InChI=1S/C18H24N4O2/c1-12(2)17-16(18(23)19-11-15-8-5-9-24-15)20-21-22(17)14-7-4-6-13(3)10-14/h4,6-7,10,12,15H,5,8-9,11H2,1-3H3,(H,19,23). The van der Waals surface area contributed by atoms with Gasteiger partial charge >= 0.3 is 0 Å². The number of nitrogens with one attached hydrogen (secondary N) is 1. The van der Waals surface area contributed by atoms with Gasteiger partial charge in [0.1, 0.15) is 0 Å². The molecule has 0 bridgehead atoms. The van der Waals surface area contributed by atoms with Gasteiger partial charge in [-0.15, -0.1) is 5.10 Å². The molecule has 128 valence electrons. The SMILES string of the molecule is Cc1cccc(-n2nnc(C(=O)NCC3CCCO3)c2C(C)C)c1. The second-order valence-electron chi connectivity index (χ2n) is 6.57. The molecular weight excluding hydrogens is 304 g/mol. The molecule has 1 aliphatic heterocycles. The van der Waals surface area contributed by atoms with E-state index in [4.69, 9.17) is 4.74 Å². The van der Waals surface area contributed by atoms with Crippen molar-refractivity contribution in [2.24, 2.45) is 0 Å². The van der Waals surface area contributed by atoms with Gasteiger partial charge in [0.05, 0.1) is 17.5 Å². The zero-order valence-electron chi connectivity index (χ0n) is 14.5. The van der Waals surface area contributed by atoms with Crippen LogP contribution in [-0.4, -0.2) is 40.2 Å². The third-order valence-electron chi connectivity index (χ3n) is 4.23. The molecule has 1 atom stereocenters. The maximum Gasteiger partial charge on any atom is 0.273 e. The van der Waals surface area contributed by atoms with Crippen molar-refractivity contribution in [1.29, 1.82) is 0 Å². The molecule has 1 unspecified atom stereocenters. The Labute approximate surface area is 142 Å². The minimum absolute atomic E-state index is 0.114. The molecule has 2 heterocycles. The number of amides is 1. The molecule has 6 heteroatoms. The Morgan fingerprint density at radius 2 is 2.29 bits per heavy atom. The summed E-state index contributed by atoms with van der Waals surface area (Å²) in [5.74, 6) is -0.0582. The van der Waals surface area contributed by atoms with Crippen LogP contribution in [0.15, 0.2) is 24.3 Å². The van der Waals surface area contributed by atoms with Gasteiger partial charge in [-0.05, 0) is 43.4 Å². The number of benzene rings is 1. The van der Waals surface area contributed by atoms with Crippen LogP contribution in [0.1, 0.15) is 54.4 Å². The van der Waals surface area contributed by atoms with E-state index in [1.807, 2.05) is 45.0 Å². The average Bonchev–Trinajstić information content (AvgIpc) is 3.22. The molecule has 0 spiro atoms. The first-order chi connectivity index (χ1) is 11.6. The van der Waals surface area contributed by atoms with Crippen molar-refractivity contribution in [3.05, 3.63) is 41.2 Å². The number of nitrogens with zero attached hydrogens (tertiary/aromatic N) is 3. The summed E-state index contributed by atoms with van der Waals surface area (Å²) in [5.41, 5.74) is 3.28. The highest BCUT2D eigenvalue weighted by atomic mass is 16.5. The van der Waals surface area contributed by atoms with Crippen LogP contribution in [0.2, 0.25) is 0 Å². The molecule has 2 aromatic rings. The number of carbonyl (C=O) groups excluding carboxylic acids is 1. The quantitative estimate of drug-likeness (QED) is 0.916. The van der Waals surface area contributed by atoms with Crippen LogP contribution in [0.3, 0.4) is 0 Å². The molecule has 1 N–H and O–H groups in total. The number of rotatable bonds is 5. The lowest BCUT2D eigenvalue weighted by Gasteiger charge is -2.13. The van der Waals surface area contributed by atoms with Gasteiger partial charge in [0.2, 0.25) is 0 Å². The van der Waals surface area contributed by atoms with Crippen molar-refractivity contribution >= 4 is 5.91 Å². The highest BCUT2D eigenvalue weighted by Crippen LogP contribution is 2.22. The third kappa shape index (κ3) is 3.48. The number of ether oxygens (including phenoxy) is 1. The Morgan fingerprint density at radius 1 is 1.46 bits per heavy atom. The number of aromatic nitrogens is 3. The topological polar surface area (TPSA) is 69.0 Å². The molecule has 1 amide bonds. The predicted octanol–water partition coefficient (Wildman–Crippen LogP) is 2.61. The Hall–Kier alpha value is -2.21. The molecule has 3 rings (SSSR count). The van der Waals surface area contributed by atoms with Gasteiger partial charge in [0.15, 0.2) is 5.69 Å². The van der Waals surface area contributed by atoms with Crippen LogP contribution in [0, 0.1) is 6.92 Å². The first kappa shape index (κ1) is 16.6. The van der Waals surface area contributed by atoms with Crippen LogP contribution in [0.25, 0.3) is 5.69 Å². The van der Waals surface area contributed by atoms with Crippen LogP contribution >= 0.6 is 0 Å². The van der Waals surface area contributed by atoms with E-state index >= 15 is 0 Å². The number of hydrogen-bond donors (Lipinski definition) is 1. The fourth-order valence-corrected chi connectivity index (χ4v) is 3.01. The largest absolute Gasteiger partial charge is 0.376 e. The molecule has 1 aliphatic rings. The van der Waals surface area contributed by atoms with Crippen LogP contribution in [0.4, 0.5) is 0 Å². The predicted molar refractivity (Wildman–Crippen MR) is 91.5 cm³/mol. The molecule has 1 aromatic carbocycles. The minimum Gasteiger partial charge on any atom is -0.376 e. The maximum atomic E-state index is 12.6. The summed E-state index contributed by atoms with van der Waals surface area (Å²) in [6.07, 6.45) is 2.16. The molecule has 1 fully saturated rings. The summed E-state index contributed by atoms with van der Waals surface area (Å²) in [6.45, 7) is 7.42. The van der Waals surface area contributed by atoms with Gasteiger partial charge < -0.3 is 10.1 Å². The number of hydrogen-bond acceptors (Lipinski definition) is 4. The van der Waals surface area contributed by atoms with Gasteiger partial charge in [-0.3, -0.25) is 4.79 Å². The molecule has 1 aromatic heterocycles. The van der Waals surface area contributed by atoms with E-state index in [0.29, 0.717) is 12.2 Å². The van der Waals surface area contributed by atoms with Crippen molar-refractivity contribution in [3.8, 4) is 5.69 Å². The Kier molecular flexibility index (Phi) is 4.94. The zero-order valence-corrected chi connectivity index (χ0v) is 14.5. The van der Waals surface area contributed by atoms with E-state index < -0.39 is 0 Å². The van der Waals surface area contributed by atoms with Crippen molar-refractivity contribution in [1.82, 2.24) is 20.3 Å². The monoisotopic (exact) mass is 328 g/mol. The smallest absolute Gasteiger partial charge is 0.273 e. The average molecular weight is 328 g/mol. The van der Waals surface area contributed by atoms with E-state index in [0.717, 1.165) is 36.4 Å². The third-order valence-corrected chi connectivity index (χ3v) is 4.23. The summed E-state index contributed by atoms with van der Waals surface area (Å²) in [6, 6.07) is 8.02. The number of aryl methyl sites for hydroxylation is 1. The first-order valence-electron chi connectivity index (χ1n) is 8.48. The van der Waals surface area contributed by atoms with E-state index in [1.165, 1.54) is 0 Å². The minimum atomic E-state index is -0.187. The maximum absolute atomic E-state index is 12.6. The Bertz CT molecular complexity index is 718. The summed E-state index contributed by atoms with van der Waals surface area (Å²) >= 11 is 0. The van der Waals surface area contributed by atoms with Gasteiger partial charge in [0, 0.05) is 13.2 Å². The fraction of sp³-hybridized carbons (Fsp3) is 0.500. The van der Waals surface area contributed by atoms with Crippen LogP contribution < -0.4 is 5.32 Å². The fourth-order valence-electron chi connectivity index (χ4n) is 3.01. The van der Waals surface area contributed by atoms with Crippen molar-refractivity contribution in [2.45, 2.75) is 45.6 Å². The van der Waals surface area contributed by atoms with Gasteiger partial charge in [0.25, 0.3) is 5.91 Å². The summed E-state index contributed by atoms with van der Waals surface area (Å²) in [5, 5.41) is 11.3. The van der Waals surface area contributed by atoms with Crippen LogP contribution in [0.5, 0.6) is 0 Å². The summed E-state index contributed by atoms with van der Waals surface area (Å²) in [7, 11) is 0. The summed E-state index contributed by atoms with van der Waals surface area (Å²) in [4.78, 5) is 12.6. The van der Waals surface area contributed by atoms with Crippen molar-refractivity contribution in [3.63, 3.8) is 0 Å². The van der Waals surface area contributed by atoms with Crippen molar-refractivity contribution in [2.75, 3.05) is 13.2 Å². The molecule has 24 heavy (non-hydrogen) atoms. The normalized spacial score (nSPS) is 17.4. The lowest BCUT2D eigenvalue weighted by molar-refractivity contribution is 0.0852. The molecule has 0 aliphatic carbocycles. The number of carbonyl (C=O) groups is 1. The van der Waals surface area contributed by atoms with Crippen molar-refractivity contribution < 1.29 is 9.53 Å². The zero-order chi connectivity index (χ0) is 17.1.